The van der Waals surface area contributed by atoms with Gasteiger partial charge in [-0.1, -0.05) is 0 Å². The van der Waals surface area contributed by atoms with Crippen LogP contribution >= 0.6 is 0 Å². The van der Waals surface area contributed by atoms with E-state index >= 15 is 0 Å². The van der Waals surface area contributed by atoms with Gasteiger partial charge in [-0.15, -0.1) is 0 Å². The minimum absolute atomic E-state index is 0.197. The van der Waals surface area contributed by atoms with Crippen LogP contribution in [0.15, 0.2) is 0 Å². The third kappa shape index (κ3) is 4.67. The molecule has 0 aliphatic heterocycles. The molecule has 0 aromatic rings. The fourth-order valence-corrected chi connectivity index (χ4v) is 2.34. The van der Waals surface area contributed by atoms with Gasteiger partial charge in [0, 0.05) is 0 Å². The molecule has 0 nitrogen and oxygen atoms in total. The van der Waals surface area contributed by atoms with Gasteiger partial charge in [0.15, 0.2) is 0 Å². The van der Waals surface area contributed by atoms with Crippen molar-refractivity contribution in [3.8, 4) is 0 Å². The molecule has 0 aromatic carbocycles. The van der Waals surface area contributed by atoms with Crippen molar-refractivity contribution in [3.63, 3.8) is 0 Å². The summed E-state index contributed by atoms with van der Waals surface area (Å²) >= 11 is -0.197. The van der Waals surface area contributed by atoms with Crippen molar-refractivity contribution in [1.29, 1.82) is 0 Å². The van der Waals surface area contributed by atoms with Crippen LogP contribution in [0.5, 0.6) is 0 Å². The van der Waals surface area contributed by atoms with Crippen LogP contribution in [0.3, 0.4) is 0 Å². The third-order valence-electron chi connectivity index (χ3n) is 0.762. The second-order valence-corrected chi connectivity index (χ2v) is 4.73. The van der Waals surface area contributed by atoms with Crippen LogP contribution in [-0.4, -0.2) is 25.2 Å². The van der Waals surface area contributed by atoms with E-state index in [4.69, 9.17) is 0 Å². The second kappa shape index (κ2) is 5.67. The molecular weight excluding hydrogens is 179 g/mol. The predicted molar refractivity (Wildman–Crippen MR) is 34.0 cm³/mol. The third-order valence-corrected chi connectivity index (χ3v) is 3.09. The molecule has 0 amide bonds. The Hall–Kier alpha value is 0.669. The molecule has 0 saturated carbocycles. The van der Waals surface area contributed by atoms with Gasteiger partial charge in [0.2, 0.25) is 0 Å². The molecule has 0 bridgehead atoms. The molecule has 0 aliphatic rings. The number of hydrogen-bond donors (Lipinski definition) is 0. The molecule has 0 saturated heterocycles. The first-order valence-corrected chi connectivity index (χ1v) is 7.18. The van der Waals surface area contributed by atoms with E-state index in [1.54, 1.807) is 0 Å². The van der Waals surface area contributed by atoms with Crippen molar-refractivity contribution in [2.24, 2.45) is 0 Å². The molecule has 0 aromatic heterocycles. The van der Waals surface area contributed by atoms with Gasteiger partial charge in [-0.2, -0.15) is 0 Å². The molecule has 0 atom stereocenters. The first kappa shape index (κ1) is 6.67. The van der Waals surface area contributed by atoms with E-state index in [-0.39, 0.29) is 20.7 Å². The SMILES string of the molecule is [CH2]=[SnH][CH2]CCC. The van der Waals surface area contributed by atoms with Gasteiger partial charge in [0.05, 0.1) is 0 Å². The average molecular weight is 191 g/mol. The van der Waals surface area contributed by atoms with E-state index in [0.717, 1.165) is 0 Å². The first-order valence-electron chi connectivity index (χ1n) is 2.52. The Labute approximate surface area is 49.7 Å². The molecule has 0 N–H and O–H groups in total. The monoisotopic (exact) mass is 192 g/mol. The Morgan fingerprint density at radius 3 is 2.50 bits per heavy atom. The van der Waals surface area contributed by atoms with Crippen molar-refractivity contribution in [1.82, 2.24) is 0 Å². The summed E-state index contributed by atoms with van der Waals surface area (Å²) in [7, 11) is 0. The number of rotatable bonds is 3. The van der Waals surface area contributed by atoms with Crippen LogP contribution in [0.1, 0.15) is 19.8 Å². The zero-order chi connectivity index (χ0) is 4.83. The van der Waals surface area contributed by atoms with E-state index in [2.05, 4.69) is 11.4 Å². The summed E-state index contributed by atoms with van der Waals surface area (Å²) in [5, 5.41) is 0. The Morgan fingerprint density at radius 2 is 2.33 bits per heavy atom. The second-order valence-electron chi connectivity index (χ2n) is 1.43. The normalized spacial score (nSPS) is 8.17. The van der Waals surface area contributed by atoms with Crippen LogP contribution in [0.25, 0.3) is 0 Å². The van der Waals surface area contributed by atoms with Crippen molar-refractivity contribution < 1.29 is 0 Å². The van der Waals surface area contributed by atoms with E-state index in [1.807, 2.05) is 0 Å². The van der Waals surface area contributed by atoms with Gasteiger partial charge in [0.25, 0.3) is 0 Å². The van der Waals surface area contributed by atoms with Crippen molar-refractivity contribution in [2.75, 3.05) is 0 Å². The molecule has 0 spiro atoms. The fraction of sp³-hybridized carbons (Fsp3) is 0.800. The van der Waals surface area contributed by atoms with Crippen LogP contribution in [0.2, 0.25) is 4.44 Å². The first-order chi connectivity index (χ1) is 2.91. The molecule has 36 valence electrons. The summed E-state index contributed by atoms with van der Waals surface area (Å²) in [5.41, 5.74) is 0. The van der Waals surface area contributed by atoms with E-state index in [1.165, 1.54) is 17.3 Å². The Kier molecular flexibility index (Phi) is 6.30. The molecule has 0 unspecified atom stereocenters. The minimum atomic E-state index is -0.197. The Bertz CT molecular complexity index is 32.9. The standard InChI is InChI=1S/C4H9.CH2.Sn.H/c1-3-4-2;;;/h1,3-4H2,2H3;1H2;;. The molecule has 0 heterocycles. The maximum absolute atomic E-state index is 3.91. The zero-order valence-electron chi connectivity index (χ0n) is 4.41. The van der Waals surface area contributed by atoms with Gasteiger partial charge >= 0.3 is 49.4 Å². The summed E-state index contributed by atoms with van der Waals surface area (Å²) in [6.07, 6.45) is 2.80. The van der Waals surface area contributed by atoms with E-state index < -0.39 is 0 Å². The summed E-state index contributed by atoms with van der Waals surface area (Å²) in [5.74, 6) is 0. The molecule has 6 heavy (non-hydrogen) atoms. The molecule has 0 radical (unpaired) electrons. The van der Waals surface area contributed by atoms with Gasteiger partial charge in [-0.3, -0.25) is 0 Å². The van der Waals surface area contributed by atoms with Gasteiger partial charge in [-0.25, -0.2) is 0 Å². The summed E-state index contributed by atoms with van der Waals surface area (Å²) in [6.45, 7) is 2.23. The average Bonchev–Trinajstić information content (AvgIpc) is 1.61. The molecule has 1 heteroatoms. The molecule has 0 aliphatic carbocycles. The summed E-state index contributed by atoms with van der Waals surface area (Å²) in [6, 6.07) is 0. The molecule has 0 rings (SSSR count). The maximum atomic E-state index is 3.91. The van der Waals surface area contributed by atoms with Crippen molar-refractivity contribution in [3.05, 3.63) is 0 Å². The van der Waals surface area contributed by atoms with Gasteiger partial charge in [-0.05, 0) is 0 Å². The summed E-state index contributed by atoms with van der Waals surface area (Å²) in [4.78, 5) is 0. The zero-order valence-corrected chi connectivity index (χ0v) is 7.70. The molecule has 0 fully saturated rings. The fourth-order valence-electron chi connectivity index (χ4n) is 0.348. The van der Waals surface area contributed by atoms with Gasteiger partial charge < -0.3 is 0 Å². The topological polar surface area (TPSA) is 0 Å². The van der Waals surface area contributed by atoms with Crippen molar-refractivity contribution >= 4 is 25.2 Å². The quantitative estimate of drug-likeness (QED) is 0.462. The van der Waals surface area contributed by atoms with Crippen molar-refractivity contribution in [2.45, 2.75) is 24.2 Å². The van der Waals surface area contributed by atoms with Crippen LogP contribution in [0, 0.1) is 0 Å². The van der Waals surface area contributed by atoms with E-state index in [9.17, 15) is 0 Å². The van der Waals surface area contributed by atoms with Gasteiger partial charge in [0.1, 0.15) is 0 Å². The van der Waals surface area contributed by atoms with Crippen LogP contribution in [-0.2, 0) is 0 Å². The van der Waals surface area contributed by atoms with Crippen LogP contribution in [0.4, 0.5) is 0 Å². The Balaban J connectivity index is 2.49. The Morgan fingerprint density at radius 1 is 1.67 bits per heavy atom. The molecular formula is C5H12Sn. The number of hydrogen-bond acceptors (Lipinski definition) is 0. The van der Waals surface area contributed by atoms with E-state index in [0.29, 0.717) is 0 Å². The van der Waals surface area contributed by atoms with Crippen LogP contribution < -0.4 is 0 Å². The predicted octanol–water partition coefficient (Wildman–Crippen LogP) is 1.07. The number of unbranched alkanes of at least 4 members (excludes halogenated alkanes) is 1. The summed E-state index contributed by atoms with van der Waals surface area (Å²) < 4.78 is 5.41.